The summed E-state index contributed by atoms with van der Waals surface area (Å²) < 4.78 is 0. The Balaban J connectivity index is 1.93. The van der Waals surface area contributed by atoms with Crippen molar-refractivity contribution in [3.63, 3.8) is 0 Å². The summed E-state index contributed by atoms with van der Waals surface area (Å²) in [4.78, 5) is 27.1. The van der Waals surface area contributed by atoms with Crippen LogP contribution in [-0.2, 0) is 4.79 Å². The van der Waals surface area contributed by atoms with Crippen LogP contribution in [0.2, 0.25) is 0 Å². The molecule has 1 aliphatic carbocycles. The van der Waals surface area contributed by atoms with Gasteiger partial charge >= 0.3 is 0 Å². The summed E-state index contributed by atoms with van der Waals surface area (Å²) in [6, 6.07) is 7.70. The van der Waals surface area contributed by atoms with Crippen LogP contribution in [0.5, 0.6) is 0 Å². The molecular formula is C22H34N2O2. The lowest BCUT2D eigenvalue weighted by molar-refractivity contribution is -0.116. The molecule has 0 heterocycles. The maximum absolute atomic E-state index is 13.0. The highest BCUT2D eigenvalue weighted by molar-refractivity contribution is 6.03. The number of benzene rings is 1. The van der Waals surface area contributed by atoms with E-state index >= 15 is 0 Å². The summed E-state index contributed by atoms with van der Waals surface area (Å²) >= 11 is 0. The first-order valence-electron chi connectivity index (χ1n) is 10.3. The van der Waals surface area contributed by atoms with Gasteiger partial charge in [-0.15, -0.1) is 0 Å². The molecule has 0 aliphatic heterocycles. The van der Waals surface area contributed by atoms with Gasteiger partial charge in [-0.1, -0.05) is 64.0 Å². The van der Waals surface area contributed by atoms with E-state index < -0.39 is 0 Å². The van der Waals surface area contributed by atoms with Crippen LogP contribution in [-0.4, -0.2) is 29.8 Å². The number of hydrogen-bond donors (Lipinski definition) is 1. The number of para-hydroxylation sites is 1. The van der Waals surface area contributed by atoms with Crippen LogP contribution < -0.4 is 5.32 Å². The molecule has 0 bridgehead atoms. The largest absolute Gasteiger partial charge is 0.339 e. The molecule has 1 saturated carbocycles. The van der Waals surface area contributed by atoms with Crippen LogP contribution in [0.15, 0.2) is 24.3 Å². The molecule has 0 atom stereocenters. The van der Waals surface area contributed by atoms with Gasteiger partial charge < -0.3 is 10.2 Å². The number of carbonyl (C=O) groups is 2. The van der Waals surface area contributed by atoms with Crippen molar-refractivity contribution in [1.82, 2.24) is 4.90 Å². The second-order valence-electron chi connectivity index (χ2n) is 7.47. The van der Waals surface area contributed by atoms with Crippen molar-refractivity contribution in [1.29, 1.82) is 0 Å². The topological polar surface area (TPSA) is 49.4 Å². The molecule has 4 heteroatoms. The third-order valence-electron chi connectivity index (χ3n) is 5.38. The SMILES string of the molecule is CCCCCCCC(=O)Nc1ccccc1C(=O)N(C)C1CCCCC1. The van der Waals surface area contributed by atoms with Crippen molar-refractivity contribution < 1.29 is 9.59 Å². The molecule has 1 fully saturated rings. The molecule has 0 aromatic heterocycles. The normalized spacial score (nSPS) is 14.8. The minimum atomic E-state index is 0.00191. The molecule has 0 radical (unpaired) electrons. The minimum Gasteiger partial charge on any atom is -0.339 e. The number of unbranched alkanes of at least 4 members (excludes halogenated alkanes) is 4. The van der Waals surface area contributed by atoms with E-state index in [9.17, 15) is 9.59 Å². The van der Waals surface area contributed by atoms with Crippen LogP contribution >= 0.6 is 0 Å². The lowest BCUT2D eigenvalue weighted by atomic mass is 9.94. The van der Waals surface area contributed by atoms with Crippen LogP contribution in [0.4, 0.5) is 5.69 Å². The Kier molecular flexibility index (Phi) is 8.66. The van der Waals surface area contributed by atoms with Crippen molar-refractivity contribution in [2.45, 2.75) is 83.6 Å². The maximum Gasteiger partial charge on any atom is 0.255 e. The van der Waals surface area contributed by atoms with Gasteiger partial charge in [0, 0.05) is 19.5 Å². The maximum atomic E-state index is 13.0. The predicted molar refractivity (Wildman–Crippen MR) is 107 cm³/mol. The Morgan fingerprint density at radius 3 is 2.46 bits per heavy atom. The van der Waals surface area contributed by atoms with Gasteiger partial charge in [-0.3, -0.25) is 9.59 Å². The Labute approximate surface area is 158 Å². The molecule has 2 amide bonds. The Hall–Kier alpha value is -1.84. The van der Waals surface area contributed by atoms with Gasteiger partial charge in [-0.25, -0.2) is 0 Å². The highest BCUT2D eigenvalue weighted by atomic mass is 16.2. The minimum absolute atomic E-state index is 0.00191. The fourth-order valence-electron chi connectivity index (χ4n) is 3.70. The van der Waals surface area contributed by atoms with E-state index in [2.05, 4.69) is 12.2 Å². The highest BCUT2D eigenvalue weighted by Crippen LogP contribution is 2.25. The zero-order valence-electron chi connectivity index (χ0n) is 16.4. The molecule has 1 aromatic carbocycles. The number of amides is 2. The standard InChI is InChI=1S/C22H34N2O2/c1-3-4-5-6-10-17-21(25)23-20-16-12-11-15-19(20)22(26)24(2)18-13-8-7-9-14-18/h11-12,15-16,18H,3-10,13-14,17H2,1-2H3,(H,23,25). The van der Waals surface area contributed by atoms with Crippen LogP contribution in [0, 0.1) is 0 Å². The van der Waals surface area contributed by atoms with Crippen LogP contribution in [0.1, 0.15) is 87.9 Å². The quantitative estimate of drug-likeness (QED) is 0.602. The number of nitrogens with one attached hydrogen (secondary N) is 1. The van der Waals surface area contributed by atoms with Crippen molar-refractivity contribution in [3.05, 3.63) is 29.8 Å². The van der Waals surface area contributed by atoms with Gasteiger partial charge in [0.15, 0.2) is 0 Å². The molecule has 0 unspecified atom stereocenters. The summed E-state index contributed by atoms with van der Waals surface area (Å²) in [5, 5.41) is 2.95. The number of carbonyl (C=O) groups excluding carboxylic acids is 2. The van der Waals surface area contributed by atoms with Gasteiger partial charge in [0.1, 0.15) is 0 Å². The first-order chi connectivity index (χ1) is 12.6. The average molecular weight is 359 g/mol. The monoisotopic (exact) mass is 358 g/mol. The van der Waals surface area contributed by atoms with E-state index in [1.54, 1.807) is 0 Å². The molecular weight excluding hydrogens is 324 g/mol. The first-order valence-corrected chi connectivity index (χ1v) is 10.3. The smallest absolute Gasteiger partial charge is 0.255 e. The lowest BCUT2D eigenvalue weighted by Gasteiger charge is -2.31. The Morgan fingerprint density at radius 1 is 1.04 bits per heavy atom. The molecule has 2 rings (SSSR count). The fourth-order valence-corrected chi connectivity index (χ4v) is 3.70. The van der Waals surface area contributed by atoms with Crippen LogP contribution in [0.25, 0.3) is 0 Å². The summed E-state index contributed by atoms with van der Waals surface area (Å²) in [6.45, 7) is 2.19. The zero-order chi connectivity index (χ0) is 18.8. The van der Waals surface area contributed by atoms with Gasteiger partial charge in [-0.2, -0.15) is 0 Å². The lowest BCUT2D eigenvalue weighted by Crippen LogP contribution is -2.38. The summed E-state index contributed by atoms with van der Waals surface area (Å²) in [5.41, 5.74) is 1.23. The third kappa shape index (κ3) is 6.15. The average Bonchev–Trinajstić information content (AvgIpc) is 2.68. The molecule has 144 valence electrons. The van der Waals surface area contributed by atoms with Crippen molar-refractivity contribution in [2.75, 3.05) is 12.4 Å². The summed E-state index contributed by atoms with van der Waals surface area (Å²) in [7, 11) is 1.89. The molecule has 1 aromatic rings. The van der Waals surface area contributed by atoms with Gasteiger partial charge in [0.25, 0.3) is 5.91 Å². The Morgan fingerprint density at radius 2 is 1.73 bits per heavy atom. The molecule has 1 aliphatic rings. The van der Waals surface area contributed by atoms with E-state index in [-0.39, 0.29) is 11.8 Å². The highest BCUT2D eigenvalue weighted by Gasteiger charge is 2.24. The Bertz CT molecular complexity index is 579. The molecule has 0 spiro atoms. The van der Waals surface area contributed by atoms with Gasteiger partial charge in [0.05, 0.1) is 11.3 Å². The number of anilines is 1. The van der Waals surface area contributed by atoms with E-state index in [0.29, 0.717) is 23.7 Å². The van der Waals surface area contributed by atoms with Crippen molar-refractivity contribution in [2.24, 2.45) is 0 Å². The van der Waals surface area contributed by atoms with Crippen LogP contribution in [0.3, 0.4) is 0 Å². The number of nitrogens with zero attached hydrogens (tertiary/aromatic N) is 1. The van der Waals surface area contributed by atoms with Gasteiger partial charge in [-0.05, 0) is 31.4 Å². The fraction of sp³-hybridized carbons (Fsp3) is 0.636. The van der Waals surface area contributed by atoms with E-state index in [0.717, 1.165) is 25.7 Å². The van der Waals surface area contributed by atoms with E-state index in [1.807, 2.05) is 36.2 Å². The second-order valence-corrected chi connectivity index (χ2v) is 7.47. The summed E-state index contributed by atoms with van der Waals surface area (Å²) in [6.07, 6.45) is 11.9. The second kappa shape index (κ2) is 11.0. The summed E-state index contributed by atoms with van der Waals surface area (Å²) in [5.74, 6) is 0.0119. The zero-order valence-corrected chi connectivity index (χ0v) is 16.4. The number of hydrogen-bond acceptors (Lipinski definition) is 2. The van der Waals surface area contributed by atoms with E-state index in [4.69, 9.17) is 0 Å². The van der Waals surface area contributed by atoms with E-state index in [1.165, 1.54) is 38.5 Å². The first kappa shape index (κ1) is 20.5. The number of rotatable bonds is 9. The molecule has 4 nitrogen and oxygen atoms in total. The molecule has 0 saturated heterocycles. The van der Waals surface area contributed by atoms with Crippen molar-refractivity contribution >= 4 is 17.5 Å². The van der Waals surface area contributed by atoms with Gasteiger partial charge in [0.2, 0.25) is 5.91 Å². The third-order valence-corrected chi connectivity index (χ3v) is 5.38. The molecule has 1 N–H and O–H groups in total. The van der Waals surface area contributed by atoms with Crippen molar-refractivity contribution in [3.8, 4) is 0 Å². The molecule has 26 heavy (non-hydrogen) atoms. The predicted octanol–water partition coefficient (Wildman–Crippen LogP) is 5.39.